The van der Waals surface area contributed by atoms with Crippen molar-refractivity contribution in [3.63, 3.8) is 0 Å². The Labute approximate surface area is 133 Å². The van der Waals surface area contributed by atoms with Gasteiger partial charge in [0.1, 0.15) is 5.75 Å². The molecule has 1 aliphatic rings. The van der Waals surface area contributed by atoms with Crippen LogP contribution < -0.4 is 10.1 Å². The van der Waals surface area contributed by atoms with Crippen molar-refractivity contribution in [1.29, 1.82) is 0 Å². The average molecular weight is 326 g/mol. The van der Waals surface area contributed by atoms with Crippen LogP contribution in [0.25, 0.3) is 0 Å². The summed E-state index contributed by atoms with van der Waals surface area (Å²) in [4.78, 5) is 0. The number of hydrogen-bond donors (Lipinski definition) is 1. The smallest absolute Gasteiger partial charge is 0.211 e. The van der Waals surface area contributed by atoms with Crippen molar-refractivity contribution in [2.75, 3.05) is 26.0 Å². The topological polar surface area (TPSA) is 58.6 Å². The van der Waals surface area contributed by atoms with Gasteiger partial charge in [0, 0.05) is 25.7 Å². The maximum Gasteiger partial charge on any atom is 0.211 e. The van der Waals surface area contributed by atoms with Gasteiger partial charge in [-0.3, -0.25) is 0 Å². The zero-order valence-electron chi connectivity index (χ0n) is 13.6. The van der Waals surface area contributed by atoms with Crippen LogP contribution in [0.5, 0.6) is 5.75 Å². The van der Waals surface area contributed by atoms with Crippen molar-refractivity contribution in [3.05, 3.63) is 29.8 Å². The molecule has 0 amide bonds. The summed E-state index contributed by atoms with van der Waals surface area (Å²) in [5.74, 6) is 1.19. The fourth-order valence-electron chi connectivity index (χ4n) is 2.87. The molecule has 2 rings (SSSR count). The van der Waals surface area contributed by atoms with Crippen LogP contribution in [0.1, 0.15) is 25.8 Å². The van der Waals surface area contributed by atoms with Crippen LogP contribution in [-0.2, 0) is 16.6 Å². The van der Waals surface area contributed by atoms with Crippen molar-refractivity contribution in [2.24, 2.45) is 5.92 Å². The third-order valence-electron chi connectivity index (χ3n) is 4.11. The Kier molecular flexibility index (Phi) is 5.83. The maximum atomic E-state index is 11.6. The van der Waals surface area contributed by atoms with Gasteiger partial charge in [0.25, 0.3) is 0 Å². The predicted octanol–water partition coefficient (Wildman–Crippen LogP) is 1.84. The molecule has 0 spiro atoms. The third-order valence-corrected chi connectivity index (χ3v) is 5.38. The van der Waals surface area contributed by atoms with E-state index in [1.165, 1.54) is 11.8 Å². The zero-order valence-corrected chi connectivity index (χ0v) is 14.4. The second-order valence-electron chi connectivity index (χ2n) is 5.95. The molecule has 1 fully saturated rings. The Bertz CT molecular complexity index is 589. The lowest BCUT2D eigenvalue weighted by molar-refractivity contribution is 0.220. The summed E-state index contributed by atoms with van der Waals surface area (Å²) in [6.45, 7) is 6.70. The van der Waals surface area contributed by atoms with Crippen molar-refractivity contribution >= 4 is 10.0 Å². The number of nitrogens with one attached hydrogen (secondary N) is 1. The SMILES string of the molecule is CCOc1cccc(CN[C@H]2CCN(S(C)(=O)=O)C[C@@H]2C)c1. The molecule has 6 heteroatoms. The quantitative estimate of drug-likeness (QED) is 0.867. The molecule has 0 saturated carbocycles. The summed E-state index contributed by atoms with van der Waals surface area (Å²) in [5, 5.41) is 3.55. The van der Waals surface area contributed by atoms with Crippen LogP contribution in [0.4, 0.5) is 0 Å². The molecular weight excluding hydrogens is 300 g/mol. The minimum Gasteiger partial charge on any atom is -0.494 e. The van der Waals surface area contributed by atoms with E-state index in [4.69, 9.17) is 4.74 Å². The molecule has 1 saturated heterocycles. The molecule has 2 atom stereocenters. The molecule has 22 heavy (non-hydrogen) atoms. The van der Waals surface area contributed by atoms with Crippen molar-refractivity contribution in [1.82, 2.24) is 9.62 Å². The van der Waals surface area contributed by atoms with E-state index in [-0.39, 0.29) is 0 Å². The summed E-state index contributed by atoms with van der Waals surface area (Å²) in [6.07, 6.45) is 2.13. The van der Waals surface area contributed by atoms with E-state index in [2.05, 4.69) is 18.3 Å². The molecule has 1 aromatic carbocycles. The van der Waals surface area contributed by atoms with Crippen LogP contribution in [0, 0.1) is 5.92 Å². The molecule has 0 aliphatic carbocycles. The third kappa shape index (κ3) is 4.69. The summed E-state index contributed by atoms with van der Waals surface area (Å²) in [6, 6.07) is 8.42. The minimum absolute atomic E-state index is 0.304. The molecule has 1 heterocycles. The summed E-state index contributed by atoms with van der Waals surface area (Å²) in [5.41, 5.74) is 1.18. The number of rotatable bonds is 6. The first kappa shape index (κ1) is 17.2. The minimum atomic E-state index is -3.07. The van der Waals surface area contributed by atoms with Crippen molar-refractivity contribution in [3.8, 4) is 5.75 Å². The molecule has 0 unspecified atom stereocenters. The summed E-state index contributed by atoms with van der Waals surface area (Å²) < 4.78 is 30.3. The Morgan fingerprint density at radius 1 is 1.41 bits per heavy atom. The van der Waals surface area contributed by atoms with Gasteiger partial charge in [-0.2, -0.15) is 0 Å². The van der Waals surface area contributed by atoms with Crippen LogP contribution in [0.15, 0.2) is 24.3 Å². The second kappa shape index (κ2) is 7.44. The second-order valence-corrected chi connectivity index (χ2v) is 7.94. The largest absolute Gasteiger partial charge is 0.494 e. The molecule has 1 aromatic rings. The van der Waals surface area contributed by atoms with E-state index in [0.29, 0.717) is 31.7 Å². The predicted molar refractivity (Wildman–Crippen MR) is 88.4 cm³/mol. The molecule has 124 valence electrons. The molecule has 5 nitrogen and oxygen atoms in total. The van der Waals surface area contributed by atoms with Gasteiger partial charge >= 0.3 is 0 Å². The van der Waals surface area contributed by atoms with Gasteiger partial charge in [-0.05, 0) is 37.0 Å². The Balaban J connectivity index is 1.89. The molecule has 0 bridgehead atoms. The molecule has 0 radical (unpaired) electrons. The van der Waals surface area contributed by atoms with Gasteiger partial charge in [0.05, 0.1) is 12.9 Å². The standard InChI is InChI=1S/C16H26N2O3S/c1-4-21-15-7-5-6-14(10-15)11-17-16-8-9-18(12-13(16)2)22(3,19)20/h5-7,10,13,16-17H,4,8-9,11-12H2,1-3H3/t13-,16-/m0/s1. The number of benzene rings is 1. The number of hydrogen-bond acceptors (Lipinski definition) is 4. The highest BCUT2D eigenvalue weighted by Crippen LogP contribution is 2.20. The summed E-state index contributed by atoms with van der Waals surface area (Å²) >= 11 is 0. The fourth-order valence-corrected chi connectivity index (χ4v) is 3.82. The average Bonchev–Trinajstić information content (AvgIpc) is 2.46. The molecular formula is C16H26N2O3S. The van der Waals surface area contributed by atoms with Crippen molar-refractivity contribution < 1.29 is 13.2 Å². The first-order valence-electron chi connectivity index (χ1n) is 7.80. The lowest BCUT2D eigenvalue weighted by Crippen LogP contribution is -2.49. The molecule has 1 N–H and O–H groups in total. The number of sulfonamides is 1. The van der Waals surface area contributed by atoms with Crippen LogP contribution >= 0.6 is 0 Å². The molecule has 0 aromatic heterocycles. The normalized spacial score (nSPS) is 23.4. The number of piperidine rings is 1. The van der Waals surface area contributed by atoms with Gasteiger partial charge in [0.2, 0.25) is 10.0 Å². The van der Waals surface area contributed by atoms with Gasteiger partial charge in [-0.15, -0.1) is 0 Å². The Hall–Kier alpha value is -1.11. The molecule has 1 aliphatic heterocycles. The highest BCUT2D eigenvalue weighted by Gasteiger charge is 2.29. The van der Waals surface area contributed by atoms with E-state index in [0.717, 1.165) is 18.7 Å². The zero-order chi connectivity index (χ0) is 16.2. The van der Waals surface area contributed by atoms with E-state index in [9.17, 15) is 8.42 Å². The van der Waals surface area contributed by atoms with Gasteiger partial charge in [-0.1, -0.05) is 19.1 Å². The fraction of sp³-hybridized carbons (Fsp3) is 0.625. The van der Waals surface area contributed by atoms with E-state index < -0.39 is 10.0 Å². The van der Waals surface area contributed by atoms with E-state index >= 15 is 0 Å². The lowest BCUT2D eigenvalue weighted by Gasteiger charge is -2.36. The monoisotopic (exact) mass is 326 g/mol. The first-order chi connectivity index (χ1) is 10.4. The maximum absolute atomic E-state index is 11.6. The number of ether oxygens (including phenoxy) is 1. The van der Waals surface area contributed by atoms with E-state index in [1.807, 2.05) is 25.1 Å². The highest BCUT2D eigenvalue weighted by atomic mass is 32.2. The lowest BCUT2D eigenvalue weighted by atomic mass is 9.95. The van der Waals surface area contributed by atoms with Gasteiger partial charge < -0.3 is 10.1 Å². The van der Waals surface area contributed by atoms with Crippen molar-refractivity contribution in [2.45, 2.75) is 32.9 Å². The van der Waals surface area contributed by atoms with E-state index in [1.54, 1.807) is 4.31 Å². The summed E-state index contributed by atoms with van der Waals surface area (Å²) in [7, 11) is -3.07. The Morgan fingerprint density at radius 2 is 2.18 bits per heavy atom. The highest BCUT2D eigenvalue weighted by molar-refractivity contribution is 7.88. The van der Waals surface area contributed by atoms with Crippen LogP contribution in [0.3, 0.4) is 0 Å². The van der Waals surface area contributed by atoms with Crippen LogP contribution in [-0.4, -0.2) is 44.7 Å². The van der Waals surface area contributed by atoms with Gasteiger partial charge in [-0.25, -0.2) is 12.7 Å². The Morgan fingerprint density at radius 3 is 2.82 bits per heavy atom. The van der Waals surface area contributed by atoms with Crippen LogP contribution in [0.2, 0.25) is 0 Å². The number of nitrogens with zero attached hydrogens (tertiary/aromatic N) is 1. The first-order valence-corrected chi connectivity index (χ1v) is 9.65. The van der Waals surface area contributed by atoms with Gasteiger partial charge in [0.15, 0.2) is 0 Å².